The van der Waals surface area contributed by atoms with Crippen LogP contribution in [0.25, 0.3) is 16.8 Å². The highest BCUT2D eigenvalue weighted by Crippen LogP contribution is 2.30. The highest BCUT2D eigenvalue weighted by molar-refractivity contribution is 8.00. The number of rotatable bonds is 11. The van der Waals surface area contributed by atoms with Crippen LogP contribution in [0.15, 0.2) is 126 Å². The van der Waals surface area contributed by atoms with Gasteiger partial charge in [-0.05, 0) is 77.4 Å². The number of halogens is 1. The summed E-state index contributed by atoms with van der Waals surface area (Å²) in [5.41, 5.74) is 1.89. The lowest BCUT2D eigenvalue weighted by atomic mass is 10.0. The van der Waals surface area contributed by atoms with Gasteiger partial charge in [0.25, 0.3) is 11.8 Å². The van der Waals surface area contributed by atoms with Gasteiger partial charge >= 0.3 is 5.97 Å². The summed E-state index contributed by atoms with van der Waals surface area (Å²) in [6.45, 7) is 1.86. The second-order valence-corrected chi connectivity index (χ2v) is 12.1. The van der Waals surface area contributed by atoms with Crippen LogP contribution in [-0.2, 0) is 9.59 Å². The van der Waals surface area contributed by atoms with Crippen LogP contribution in [0.3, 0.4) is 0 Å². The number of hydrogen-bond donors (Lipinski definition) is 4. The lowest BCUT2D eigenvalue weighted by Gasteiger charge is -2.17. The third kappa shape index (κ3) is 8.46. The van der Waals surface area contributed by atoms with E-state index < -0.39 is 23.0 Å². The summed E-state index contributed by atoms with van der Waals surface area (Å²) in [5.74, 6) is -2.43. The van der Waals surface area contributed by atoms with Gasteiger partial charge in [0.15, 0.2) is 0 Å². The minimum Gasteiger partial charge on any atom is -0.478 e. The molecular weight excluding hydrogens is 634 g/mol. The number of fused-ring (bicyclic) bond motifs is 1. The fourth-order valence-electron chi connectivity index (χ4n) is 4.77. The molecule has 5 rings (SSSR count). The van der Waals surface area contributed by atoms with E-state index in [-0.39, 0.29) is 27.9 Å². The Morgan fingerprint density at radius 3 is 2.30 bits per heavy atom. The lowest BCUT2D eigenvalue weighted by Crippen LogP contribution is -2.30. The molecule has 5 aromatic rings. The van der Waals surface area contributed by atoms with Crippen molar-refractivity contribution in [3.63, 3.8) is 0 Å². The Bertz CT molecular complexity index is 1990. The molecule has 0 bridgehead atoms. The second kappa shape index (κ2) is 15.3. The summed E-state index contributed by atoms with van der Waals surface area (Å²) in [5, 5.41) is 19.3. The van der Waals surface area contributed by atoms with E-state index in [2.05, 4.69) is 16.0 Å². The molecule has 47 heavy (non-hydrogen) atoms. The number of hydrogen-bond acceptors (Lipinski definition) is 5. The standard InChI is InChI=1S/C37H30ClN3O5S/c1-2-33(36(44)40-31-21-26(37(45)46)18-19-30(31)38)47-28-16-9-15-27(22-28)39-35(43)32(41-34(42)24-11-4-3-5-12-24)20-25-14-8-13-23-10-6-7-17-29(23)25/h3-22,33H,2H2,1H3,(H,39,43)(H,40,44)(H,41,42)(H,45,46)/b32-20+. The number of benzene rings is 5. The SMILES string of the molecule is CCC(Sc1cccc(NC(=O)/C(=C\c2cccc3ccccc23)NC(=O)c2ccccc2)c1)C(=O)Nc1cc(C(=O)O)ccc1Cl. The normalized spacial score (nSPS) is 11.8. The zero-order valence-corrected chi connectivity index (χ0v) is 26.8. The van der Waals surface area contributed by atoms with Gasteiger partial charge in [0.05, 0.1) is 21.5 Å². The molecule has 0 radical (unpaired) electrons. The second-order valence-electron chi connectivity index (χ2n) is 10.4. The number of anilines is 2. The first-order valence-corrected chi connectivity index (χ1v) is 15.9. The molecule has 10 heteroatoms. The van der Waals surface area contributed by atoms with Gasteiger partial charge in [0, 0.05) is 16.1 Å². The number of carboxylic acid groups (broad SMARTS) is 1. The Kier molecular flexibility index (Phi) is 10.7. The average Bonchev–Trinajstić information content (AvgIpc) is 3.08. The first-order chi connectivity index (χ1) is 22.7. The number of carbonyl (C=O) groups excluding carboxylic acids is 3. The van der Waals surface area contributed by atoms with Crippen molar-refractivity contribution in [2.24, 2.45) is 0 Å². The van der Waals surface area contributed by atoms with E-state index in [1.165, 1.54) is 30.0 Å². The van der Waals surface area contributed by atoms with Crippen molar-refractivity contribution in [1.29, 1.82) is 0 Å². The number of thioether (sulfide) groups is 1. The maximum Gasteiger partial charge on any atom is 0.335 e. The van der Waals surface area contributed by atoms with E-state index in [0.29, 0.717) is 22.6 Å². The molecule has 4 N–H and O–H groups in total. The zero-order chi connectivity index (χ0) is 33.3. The lowest BCUT2D eigenvalue weighted by molar-refractivity contribution is -0.116. The van der Waals surface area contributed by atoms with E-state index in [1.54, 1.807) is 54.6 Å². The van der Waals surface area contributed by atoms with Crippen molar-refractivity contribution in [1.82, 2.24) is 5.32 Å². The van der Waals surface area contributed by atoms with E-state index in [4.69, 9.17) is 11.6 Å². The fraction of sp³-hybridized carbons (Fsp3) is 0.0811. The summed E-state index contributed by atoms with van der Waals surface area (Å²) >= 11 is 7.50. The number of amides is 3. The Morgan fingerprint density at radius 2 is 1.53 bits per heavy atom. The molecule has 236 valence electrons. The Hall–Kier alpha value is -5.38. The van der Waals surface area contributed by atoms with Gasteiger partial charge in [0.2, 0.25) is 5.91 Å². The van der Waals surface area contributed by atoms with Crippen molar-refractivity contribution in [3.8, 4) is 0 Å². The summed E-state index contributed by atoms with van der Waals surface area (Å²) in [4.78, 5) is 52.1. The smallest absolute Gasteiger partial charge is 0.335 e. The number of carboxylic acids is 1. The summed E-state index contributed by atoms with van der Waals surface area (Å²) in [6, 6.07) is 33.3. The van der Waals surface area contributed by atoms with Crippen molar-refractivity contribution >= 4 is 75.3 Å². The first kappa shape index (κ1) is 33.0. The van der Waals surface area contributed by atoms with Crippen LogP contribution in [0.2, 0.25) is 5.02 Å². The van der Waals surface area contributed by atoms with E-state index in [0.717, 1.165) is 16.3 Å². The molecule has 0 aromatic heterocycles. The maximum absolute atomic E-state index is 13.7. The third-order valence-corrected chi connectivity index (χ3v) is 8.84. The van der Waals surface area contributed by atoms with Crippen LogP contribution in [-0.4, -0.2) is 34.0 Å². The molecule has 0 saturated heterocycles. The van der Waals surface area contributed by atoms with E-state index in [1.807, 2.05) is 55.5 Å². The van der Waals surface area contributed by atoms with E-state index in [9.17, 15) is 24.3 Å². The zero-order valence-electron chi connectivity index (χ0n) is 25.2. The van der Waals surface area contributed by atoms with Gasteiger partial charge in [0.1, 0.15) is 5.70 Å². The Labute approximate surface area is 280 Å². The topological polar surface area (TPSA) is 125 Å². The molecule has 0 spiro atoms. The molecule has 0 aliphatic rings. The van der Waals surface area contributed by atoms with Gasteiger partial charge in [-0.1, -0.05) is 85.3 Å². The fourth-order valence-corrected chi connectivity index (χ4v) is 5.95. The minimum atomic E-state index is -1.13. The monoisotopic (exact) mass is 663 g/mol. The predicted octanol–water partition coefficient (Wildman–Crippen LogP) is 8.11. The molecule has 0 heterocycles. The molecule has 1 unspecified atom stereocenters. The number of nitrogens with one attached hydrogen (secondary N) is 3. The van der Waals surface area contributed by atoms with Crippen molar-refractivity contribution < 1.29 is 24.3 Å². The van der Waals surface area contributed by atoms with Crippen LogP contribution in [0.4, 0.5) is 11.4 Å². The highest BCUT2D eigenvalue weighted by atomic mass is 35.5. The third-order valence-electron chi connectivity index (χ3n) is 7.16. The molecular formula is C37H30ClN3O5S. The van der Waals surface area contributed by atoms with Crippen LogP contribution >= 0.6 is 23.4 Å². The molecule has 0 aliphatic carbocycles. The Balaban J connectivity index is 1.36. The van der Waals surface area contributed by atoms with Gasteiger partial charge in [-0.25, -0.2) is 4.79 Å². The molecule has 1 atom stereocenters. The van der Waals surface area contributed by atoms with Crippen molar-refractivity contribution in [2.75, 3.05) is 10.6 Å². The number of carbonyl (C=O) groups is 4. The molecule has 0 aliphatic heterocycles. The van der Waals surface area contributed by atoms with Crippen LogP contribution in [0, 0.1) is 0 Å². The summed E-state index contributed by atoms with van der Waals surface area (Å²) in [6.07, 6.45) is 2.12. The highest BCUT2D eigenvalue weighted by Gasteiger charge is 2.21. The van der Waals surface area contributed by atoms with Crippen LogP contribution in [0.1, 0.15) is 39.6 Å². The van der Waals surface area contributed by atoms with Crippen molar-refractivity contribution in [3.05, 3.63) is 143 Å². The average molecular weight is 664 g/mol. The molecule has 0 fully saturated rings. The maximum atomic E-state index is 13.7. The summed E-state index contributed by atoms with van der Waals surface area (Å²) in [7, 11) is 0. The molecule has 5 aromatic carbocycles. The van der Waals surface area contributed by atoms with Crippen molar-refractivity contribution in [2.45, 2.75) is 23.5 Å². The molecule has 0 saturated carbocycles. The Morgan fingerprint density at radius 1 is 0.809 bits per heavy atom. The molecule has 8 nitrogen and oxygen atoms in total. The number of aromatic carboxylic acids is 1. The summed E-state index contributed by atoms with van der Waals surface area (Å²) < 4.78 is 0. The quantitative estimate of drug-likeness (QED) is 0.0836. The van der Waals surface area contributed by atoms with Crippen LogP contribution < -0.4 is 16.0 Å². The van der Waals surface area contributed by atoms with Crippen LogP contribution in [0.5, 0.6) is 0 Å². The first-order valence-electron chi connectivity index (χ1n) is 14.7. The van der Waals surface area contributed by atoms with Gasteiger partial charge in [-0.3, -0.25) is 14.4 Å². The van der Waals surface area contributed by atoms with Gasteiger partial charge < -0.3 is 21.1 Å². The molecule has 3 amide bonds. The predicted molar refractivity (Wildman–Crippen MR) is 188 cm³/mol. The largest absolute Gasteiger partial charge is 0.478 e. The van der Waals surface area contributed by atoms with E-state index >= 15 is 0 Å². The van der Waals surface area contributed by atoms with Gasteiger partial charge in [-0.2, -0.15) is 0 Å². The minimum absolute atomic E-state index is 0.00247. The van der Waals surface area contributed by atoms with Gasteiger partial charge in [-0.15, -0.1) is 11.8 Å².